The van der Waals surface area contributed by atoms with Gasteiger partial charge in [0.15, 0.2) is 0 Å². The van der Waals surface area contributed by atoms with Crippen LogP contribution in [0.5, 0.6) is 5.75 Å². The SMILES string of the molecule is CCCCOC(=O)c1cc(NC(=O)CN2C(=O)S/C(=C\c3ccc(O)c(I)c3)C2=O)ccc1Cl. The van der Waals surface area contributed by atoms with Gasteiger partial charge >= 0.3 is 5.97 Å². The van der Waals surface area contributed by atoms with Gasteiger partial charge in [-0.2, -0.15) is 0 Å². The van der Waals surface area contributed by atoms with Gasteiger partial charge in [-0.1, -0.05) is 31.0 Å². The highest BCUT2D eigenvalue weighted by Crippen LogP contribution is 2.33. The lowest BCUT2D eigenvalue weighted by Gasteiger charge is -2.13. The molecule has 8 nitrogen and oxygen atoms in total. The number of thioether (sulfide) groups is 1. The topological polar surface area (TPSA) is 113 Å². The van der Waals surface area contributed by atoms with Gasteiger partial charge in [0.1, 0.15) is 12.3 Å². The minimum Gasteiger partial charge on any atom is -0.507 e. The van der Waals surface area contributed by atoms with E-state index in [0.29, 0.717) is 9.13 Å². The Hall–Kier alpha value is -2.57. The van der Waals surface area contributed by atoms with Crippen LogP contribution in [0.1, 0.15) is 35.7 Å². The Morgan fingerprint density at radius 2 is 2.00 bits per heavy atom. The number of rotatable bonds is 8. The molecular weight excluding hydrogens is 595 g/mol. The summed E-state index contributed by atoms with van der Waals surface area (Å²) in [6, 6.07) is 9.12. The van der Waals surface area contributed by atoms with Crippen LogP contribution in [-0.2, 0) is 14.3 Å². The smallest absolute Gasteiger partial charge is 0.339 e. The van der Waals surface area contributed by atoms with E-state index in [4.69, 9.17) is 16.3 Å². The minimum atomic E-state index is -0.615. The van der Waals surface area contributed by atoms with E-state index in [2.05, 4.69) is 5.32 Å². The lowest BCUT2D eigenvalue weighted by molar-refractivity contribution is -0.127. The molecule has 2 N–H and O–H groups in total. The van der Waals surface area contributed by atoms with E-state index in [0.717, 1.165) is 29.5 Å². The van der Waals surface area contributed by atoms with E-state index >= 15 is 0 Å². The van der Waals surface area contributed by atoms with Crippen LogP contribution in [0.3, 0.4) is 0 Å². The van der Waals surface area contributed by atoms with Crippen molar-refractivity contribution in [1.29, 1.82) is 0 Å². The number of benzene rings is 2. The molecule has 0 saturated carbocycles. The quantitative estimate of drug-likeness (QED) is 0.180. The molecule has 0 aromatic heterocycles. The Morgan fingerprint density at radius 1 is 1.24 bits per heavy atom. The first-order chi connectivity index (χ1) is 16.2. The van der Waals surface area contributed by atoms with Crippen molar-refractivity contribution in [1.82, 2.24) is 4.90 Å². The zero-order chi connectivity index (χ0) is 24.8. The Labute approximate surface area is 218 Å². The number of unbranched alkanes of at least 4 members (excludes halogenated alkanes) is 1. The van der Waals surface area contributed by atoms with Crippen molar-refractivity contribution in [3.63, 3.8) is 0 Å². The van der Waals surface area contributed by atoms with Gasteiger partial charge in [0.05, 0.1) is 25.7 Å². The summed E-state index contributed by atoms with van der Waals surface area (Å²) in [5.74, 6) is -1.70. The molecule has 1 aliphatic heterocycles. The summed E-state index contributed by atoms with van der Waals surface area (Å²) in [6.07, 6.45) is 3.12. The molecule has 0 bridgehead atoms. The molecule has 0 unspecified atom stereocenters. The predicted molar refractivity (Wildman–Crippen MR) is 139 cm³/mol. The number of carbonyl (C=O) groups excluding carboxylic acids is 4. The van der Waals surface area contributed by atoms with Crippen molar-refractivity contribution in [2.45, 2.75) is 19.8 Å². The first-order valence-corrected chi connectivity index (χ1v) is 12.5. The maximum atomic E-state index is 12.7. The zero-order valence-corrected chi connectivity index (χ0v) is 21.7. The van der Waals surface area contributed by atoms with E-state index in [1.54, 1.807) is 12.1 Å². The minimum absolute atomic E-state index is 0.105. The summed E-state index contributed by atoms with van der Waals surface area (Å²) >= 11 is 8.76. The molecule has 1 fully saturated rings. The van der Waals surface area contributed by atoms with Crippen molar-refractivity contribution in [3.05, 3.63) is 61.0 Å². The Bertz CT molecular complexity index is 1190. The Morgan fingerprint density at radius 3 is 2.71 bits per heavy atom. The van der Waals surface area contributed by atoms with Gasteiger partial charge in [-0.05, 0) is 82.7 Å². The third-order valence-corrected chi connectivity index (χ3v) is 6.75. The molecule has 0 radical (unpaired) electrons. The second kappa shape index (κ2) is 11.7. The van der Waals surface area contributed by atoms with Crippen LogP contribution in [0.2, 0.25) is 5.02 Å². The van der Waals surface area contributed by atoms with Crippen molar-refractivity contribution < 1.29 is 29.0 Å². The van der Waals surface area contributed by atoms with Crippen LogP contribution in [0.4, 0.5) is 10.5 Å². The number of nitrogens with zero attached hydrogens (tertiary/aromatic N) is 1. The number of ether oxygens (including phenoxy) is 1. The molecule has 2 aromatic carbocycles. The van der Waals surface area contributed by atoms with Crippen LogP contribution in [0.25, 0.3) is 6.08 Å². The van der Waals surface area contributed by atoms with E-state index in [1.807, 2.05) is 29.5 Å². The molecule has 1 heterocycles. The first-order valence-electron chi connectivity index (χ1n) is 10.2. The van der Waals surface area contributed by atoms with Gasteiger partial charge in [-0.15, -0.1) is 0 Å². The number of nitrogens with one attached hydrogen (secondary N) is 1. The van der Waals surface area contributed by atoms with E-state index in [9.17, 15) is 24.3 Å². The van der Waals surface area contributed by atoms with Crippen molar-refractivity contribution >= 4 is 80.7 Å². The summed E-state index contributed by atoms with van der Waals surface area (Å²) in [5, 5.41) is 11.8. The number of halogens is 2. The van der Waals surface area contributed by atoms with Crippen molar-refractivity contribution in [2.24, 2.45) is 0 Å². The molecule has 0 aliphatic carbocycles. The standard InChI is InChI=1S/C23H20ClIN2O6S/c1-2-3-8-33-22(31)15-11-14(5-6-16(15)24)26-20(29)12-27-21(30)19(34-23(27)32)10-13-4-7-18(28)17(25)9-13/h4-7,9-11,28H,2-3,8,12H2,1H3,(H,26,29)/b19-10-. The summed E-state index contributed by atoms with van der Waals surface area (Å²) in [4.78, 5) is 50.8. The normalized spacial score (nSPS) is 14.6. The highest BCUT2D eigenvalue weighted by molar-refractivity contribution is 14.1. The van der Waals surface area contributed by atoms with Crippen molar-refractivity contribution in [3.8, 4) is 5.75 Å². The van der Waals surface area contributed by atoms with Gasteiger partial charge < -0.3 is 15.2 Å². The maximum absolute atomic E-state index is 12.7. The molecule has 11 heteroatoms. The molecule has 1 aliphatic rings. The highest BCUT2D eigenvalue weighted by atomic mass is 127. The van der Waals surface area contributed by atoms with Gasteiger partial charge in [0.25, 0.3) is 11.1 Å². The van der Waals surface area contributed by atoms with Crippen LogP contribution < -0.4 is 5.32 Å². The molecule has 0 spiro atoms. The number of hydrogen-bond acceptors (Lipinski definition) is 7. The Kier molecular flexibility index (Phi) is 8.97. The molecule has 2 aromatic rings. The van der Waals surface area contributed by atoms with E-state index in [-0.39, 0.29) is 33.5 Å². The average Bonchev–Trinajstić information content (AvgIpc) is 3.05. The van der Waals surface area contributed by atoms with Gasteiger partial charge in [-0.25, -0.2) is 4.79 Å². The second-order valence-corrected chi connectivity index (χ2v) is 9.77. The van der Waals surface area contributed by atoms with Crippen LogP contribution in [0.15, 0.2) is 41.3 Å². The maximum Gasteiger partial charge on any atom is 0.339 e. The monoisotopic (exact) mass is 614 g/mol. The fourth-order valence-corrected chi connectivity index (χ4v) is 4.46. The van der Waals surface area contributed by atoms with Crippen LogP contribution >= 0.6 is 46.0 Å². The summed E-state index contributed by atoms with van der Waals surface area (Å²) in [5.41, 5.74) is 1.02. The third-order valence-electron chi connectivity index (χ3n) is 4.65. The van der Waals surface area contributed by atoms with Crippen LogP contribution in [-0.4, -0.2) is 46.2 Å². The molecule has 1 saturated heterocycles. The largest absolute Gasteiger partial charge is 0.507 e. The fraction of sp³-hybridized carbons (Fsp3) is 0.217. The number of aromatic hydroxyl groups is 1. The number of phenols is 1. The molecule has 34 heavy (non-hydrogen) atoms. The first kappa shape index (κ1) is 26.0. The molecule has 178 valence electrons. The molecule has 3 amide bonds. The summed E-state index contributed by atoms with van der Waals surface area (Å²) in [6.45, 7) is 1.74. The number of anilines is 1. The lowest BCUT2D eigenvalue weighted by Crippen LogP contribution is -2.36. The number of hydrogen-bond donors (Lipinski definition) is 2. The number of imide groups is 1. The second-order valence-electron chi connectivity index (χ2n) is 7.21. The van der Waals surface area contributed by atoms with Gasteiger partial charge in [0, 0.05) is 5.69 Å². The predicted octanol–water partition coefficient (Wildman–Crippen LogP) is 5.28. The number of esters is 1. The number of amides is 3. The third kappa shape index (κ3) is 6.51. The van der Waals surface area contributed by atoms with Crippen molar-refractivity contribution in [2.75, 3.05) is 18.5 Å². The van der Waals surface area contributed by atoms with Gasteiger partial charge in [0.2, 0.25) is 5.91 Å². The zero-order valence-electron chi connectivity index (χ0n) is 18.0. The Balaban J connectivity index is 1.66. The average molecular weight is 615 g/mol. The molecular formula is C23H20ClIN2O6S. The highest BCUT2D eigenvalue weighted by Gasteiger charge is 2.36. The van der Waals surface area contributed by atoms with E-state index in [1.165, 1.54) is 30.3 Å². The fourth-order valence-electron chi connectivity index (χ4n) is 2.89. The van der Waals surface area contributed by atoms with Crippen LogP contribution in [0, 0.1) is 3.57 Å². The summed E-state index contributed by atoms with van der Waals surface area (Å²) < 4.78 is 5.76. The van der Waals surface area contributed by atoms with Gasteiger partial charge in [-0.3, -0.25) is 19.3 Å². The summed E-state index contributed by atoms with van der Waals surface area (Å²) in [7, 11) is 0. The molecule has 0 atom stereocenters. The number of carbonyl (C=O) groups is 4. The number of phenolic OH excluding ortho intramolecular Hbond substituents is 1. The lowest BCUT2D eigenvalue weighted by atomic mass is 10.2. The molecule has 3 rings (SSSR count). The van der Waals surface area contributed by atoms with E-state index < -0.39 is 29.6 Å².